The van der Waals surface area contributed by atoms with Gasteiger partial charge in [0.2, 0.25) is 5.91 Å². The normalized spacial score (nSPS) is 11.7. The van der Waals surface area contributed by atoms with Crippen LogP contribution in [0, 0.1) is 0 Å². The monoisotopic (exact) mass is 244 g/mol. The molecule has 17 heavy (non-hydrogen) atoms. The van der Waals surface area contributed by atoms with Gasteiger partial charge >= 0.3 is 6.30 Å². The Labute approximate surface area is 93.2 Å². The van der Waals surface area contributed by atoms with Crippen LogP contribution in [0.5, 0.6) is 0 Å². The molecule has 8 heteroatoms. The second-order valence-corrected chi connectivity index (χ2v) is 3.28. The highest BCUT2D eigenvalue weighted by Gasteiger charge is 2.31. The van der Waals surface area contributed by atoms with Gasteiger partial charge in [0.25, 0.3) is 0 Å². The summed E-state index contributed by atoms with van der Waals surface area (Å²) in [6, 6.07) is 1.41. The van der Waals surface area contributed by atoms with E-state index in [9.17, 15) is 18.0 Å². The Kier molecular flexibility index (Phi) is 2.41. The summed E-state index contributed by atoms with van der Waals surface area (Å²) in [6.07, 6.45) is 0.0544. The number of primary amides is 1. The van der Waals surface area contributed by atoms with E-state index in [0.29, 0.717) is 0 Å². The fourth-order valence-electron chi connectivity index (χ4n) is 1.29. The molecule has 2 N–H and O–H groups in total. The molecule has 0 spiro atoms. The second-order valence-electron chi connectivity index (χ2n) is 3.28. The number of rotatable bonds is 2. The van der Waals surface area contributed by atoms with Crippen molar-refractivity contribution in [3.63, 3.8) is 0 Å². The Hall–Kier alpha value is -2.25. The minimum absolute atomic E-state index is 0.119. The SMILES string of the molecule is NC(=O)c1ccn(-c2cnn(C(F)(F)F)c2)c1. The molecular formula is C9H7F3N4O. The van der Waals surface area contributed by atoms with Crippen molar-refractivity contribution in [2.45, 2.75) is 6.30 Å². The molecule has 0 atom stereocenters. The number of alkyl halides is 3. The lowest BCUT2D eigenvalue weighted by Crippen LogP contribution is -2.16. The van der Waals surface area contributed by atoms with Crippen LogP contribution in [-0.2, 0) is 6.30 Å². The number of amides is 1. The van der Waals surface area contributed by atoms with Crippen molar-refractivity contribution in [1.29, 1.82) is 0 Å². The van der Waals surface area contributed by atoms with E-state index >= 15 is 0 Å². The first-order valence-corrected chi connectivity index (χ1v) is 4.48. The first-order valence-electron chi connectivity index (χ1n) is 4.48. The van der Waals surface area contributed by atoms with Crippen molar-refractivity contribution in [3.05, 3.63) is 36.4 Å². The smallest absolute Gasteiger partial charge is 0.366 e. The van der Waals surface area contributed by atoms with Gasteiger partial charge in [0, 0.05) is 12.4 Å². The zero-order valence-electron chi connectivity index (χ0n) is 8.35. The van der Waals surface area contributed by atoms with Gasteiger partial charge in [-0.05, 0) is 6.07 Å². The molecule has 2 aromatic heterocycles. The quantitative estimate of drug-likeness (QED) is 0.863. The number of carbonyl (C=O) groups excluding carboxylic acids is 1. The Balaban J connectivity index is 2.34. The van der Waals surface area contributed by atoms with Gasteiger partial charge in [-0.3, -0.25) is 4.79 Å². The Morgan fingerprint density at radius 1 is 1.35 bits per heavy atom. The number of nitrogens with two attached hydrogens (primary N) is 1. The van der Waals surface area contributed by atoms with Crippen LogP contribution in [0.15, 0.2) is 30.9 Å². The summed E-state index contributed by atoms with van der Waals surface area (Å²) in [5, 5.41) is 3.17. The molecule has 2 rings (SSSR count). The van der Waals surface area contributed by atoms with Gasteiger partial charge in [-0.15, -0.1) is 13.2 Å². The lowest BCUT2D eigenvalue weighted by molar-refractivity contribution is -0.212. The van der Waals surface area contributed by atoms with E-state index in [1.165, 1.54) is 23.0 Å². The van der Waals surface area contributed by atoms with Gasteiger partial charge < -0.3 is 10.3 Å². The molecule has 0 aromatic carbocycles. The van der Waals surface area contributed by atoms with Gasteiger partial charge in [0.1, 0.15) is 0 Å². The van der Waals surface area contributed by atoms with Crippen LogP contribution >= 0.6 is 0 Å². The van der Waals surface area contributed by atoms with Crippen molar-refractivity contribution in [2.75, 3.05) is 0 Å². The molecule has 5 nitrogen and oxygen atoms in total. The van der Waals surface area contributed by atoms with Gasteiger partial charge in [0.15, 0.2) is 0 Å². The number of halogens is 3. The number of nitrogens with zero attached hydrogens (tertiary/aromatic N) is 3. The molecule has 2 heterocycles. The number of aromatic nitrogens is 3. The minimum atomic E-state index is -4.56. The van der Waals surface area contributed by atoms with Crippen molar-refractivity contribution in [2.24, 2.45) is 5.73 Å². The maximum absolute atomic E-state index is 12.3. The molecule has 0 fully saturated rings. The van der Waals surface area contributed by atoms with Crippen molar-refractivity contribution in [3.8, 4) is 5.69 Å². The number of hydrogen-bond acceptors (Lipinski definition) is 2. The van der Waals surface area contributed by atoms with Crippen molar-refractivity contribution in [1.82, 2.24) is 14.3 Å². The summed E-state index contributed by atoms with van der Waals surface area (Å²) in [5.41, 5.74) is 5.43. The molecule has 0 aliphatic carbocycles. The molecule has 2 aromatic rings. The lowest BCUT2D eigenvalue weighted by atomic mass is 10.3. The number of carbonyl (C=O) groups is 1. The van der Waals surface area contributed by atoms with Crippen molar-refractivity contribution < 1.29 is 18.0 Å². The third-order valence-corrected chi connectivity index (χ3v) is 2.10. The van der Waals surface area contributed by atoms with Gasteiger partial charge in [-0.25, -0.2) is 0 Å². The Morgan fingerprint density at radius 2 is 2.06 bits per heavy atom. The van der Waals surface area contributed by atoms with Gasteiger partial charge in [-0.1, -0.05) is 0 Å². The van der Waals surface area contributed by atoms with Crippen LogP contribution in [0.4, 0.5) is 13.2 Å². The van der Waals surface area contributed by atoms with Crippen LogP contribution in [-0.4, -0.2) is 20.3 Å². The maximum atomic E-state index is 12.3. The van der Waals surface area contributed by atoms with E-state index in [-0.39, 0.29) is 15.9 Å². The fourth-order valence-corrected chi connectivity index (χ4v) is 1.29. The molecule has 90 valence electrons. The molecule has 0 bridgehead atoms. The third kappa shape index (κ3) is 2.14. The minimum Gasteiger partial charge on any atom is -0.366 e. The second kappa shape index (κ2) is 3.65. The molecule has 0 saturated heterocycles. The van der Waals surface area contributed by atoms with Crippen molar-refractivity contribution >= 4 is 5.91 Å². The summed E-state index contributed by atoms with van der Waals surface area (Å²) in [5.74, 6) is -0.646. The molecule has 0 radical (unpaired) electrons. The maximum Gasteiger partial charge on any atom is 0.504 e. The molecule has 0 aliphatic rings. The predicted octanol–water partition coefficient (Wildman–Crippen LogP) is 1.25. The molecule has 0 aliphatic heterocycles. The van der Waals surface area contributed by atoms with Crippen LogP contribution in [0.2, 0.25) is 0 Å². The van der Waals surface area contributed by atoms with Gasteiger partial charge in [0.05, 0.1) is 23.6 Å². The molecule has 0 unspecified atom stereocenters. The number of hydrogen-bond donors (Lipinski definition) is 1. The van der Waals surface area contributed by atoms with E-state index in [4.69, 9.17) is 5.73 Å². The van der Waals surface area contributed by atoms with Crippen LogP contribution in [0.25, 0.3) is 5.69 Å². The van der Waals surface area contributed by atoms with Gasteiger partial charge in [-0.2, -0.15) is 9.78 Å². The molecule has 1 amide bonds. The van der Waals surface area contributed by atoms with Crippen LogP contribution in [0.3, 0.4) is 0 Å². The lowest BCUT2D eigenvalue weighted by Gasteiger charge is -2.04. The standard InChI is InChI=1S/C9H7F3N4O/c10-9(11,12)16-5-7(3-14-16)15-2-1-6(4-15)8(13)17/h1-5H,(H2,13,17). The zero-order valence-corrected chi connectivity index (χ0v) is 8.35. The molecule has 0 saturated carbocycles. The van der Waals surface area contributed by atoms with E-state index in [1.807, 2.05) is 0 Å². The van der Waals surface area contributed by atoms with E-state index in [0.717, 1.165) is 12.4 Å². The zero-order chi connectivity index (χ0) is 12.6. The average Bonchev–Trinajstić information content (AvgIpc) is 2.85. The summed E-state index contributed by atoms with van der Waals surface area (Å²) >= 11 is 0. The van der Waals surface area contributed by atoms with E-state index in [1.54, 1.807) is 0 Å². The van der Waals surface area contributed by atoms with Crippen LogP contribution in [0.1, 0.15) is 10.4 Å². The Morgan fingerprint density at radius 3 is 2.53 bits per heavy atom. The Bertz CT molecular complexity index is 555. The van der Waals surface area contributed by atoms with Crippen LogP contribution < -0.4 is 5.73 Å². The molecular weight excluding hydrogens is 237 g/mol. The topological polar surface area (TPSA) is 65.8 Å². The van der Waals surface area contributed by atoms with E-state index < -0.39 is 12.2 Å². The highest BCUT2D eigenvalue weighted by Crippen LogP contribution is 2.22. The largest absolute Gasteiger partial charge is 0.504 e. The highest BCUT2D eigenvalue weighted by atomic mass is 19.4. The first-order chi connectivity index (χ1) is 7.88. The fraction of sp³-hybridized carbons (Fsp3) is 0.111. The third-order valence-electron chi connectivity index (χ3n) is 2.10. The summed E-state index contributed by atoms with van der Waals surface area (Å²) in [6.45, 7) is 0. The summed E-state index contributed by atoms with van der Waals surface area (Å²) in [7, 11) is 0. The first kappa shape index (κ1) is 11.2. The summed E-state index contributed by atoms with van der Waals surface area (Å²) < 4.78 is 38.0. The highest BCUT2D eigenvalue weighted by molar-refractivity contribution is 5.92. The average molecular weight is 244 g/mol. The summed E-state index contributed by atoms with van der Waals surface area (Å²) in [4.78, 5) is 10.8. The van der Waals surface area contributed by atoms with E-state index in [2.05, 4.69) is 5.10 Å². The predicted molar refractivity (Wildman–Crippen MR) is 51.4 cm³/mol.